The van der Waals surface area contributed by atoms with E-state index in [9.17, 15) is 4.79 Å². The number of hydrogen-bond donors (Lipinski definition) is 1. The number of carbonyl (C=O) groups excluding carboxylic acids is 1. The van der Waals surface area contributed by atoms with Gasteiger partial charge in [-0.3, -0.25) is 4.79 Å². The van der Waals surface area contributed by atoms with Crippen LogP contribution in [0.1, 0.15) is 10.4 Å². The van der Waals surface area contributed by atoms with Crippen LogP contribution in [0.3, 0.4) is 0 Å². The Hall–Kier alpha value is -1.23. The Morgan fingerprint density at radius 2 is 1.85 bits per heavy atom. The maximum Gasteiger partial charge on any atom is 0.258 e. The highest BCUT2D eigenvalue weighted by molar-refractivity contribution is 9.10. The van der Waals surface area contributed by atoms with Gasteiger partial charge in [0.1, 0.15) is 0 Å². The predicted molar refractivity (Wildman–Crippen MR) is 87.7 cm³/mol. The average Bonchev–Trinajstić information content (AvgIpc) is 2.38. The minimum Gasteiger partial charge on any atom is -0.397 e. The van der Waals surface area contributed by atoms with Crippen molar-refractivity contribution in [3.63, 3.8) is 0 Å². The fourth-order valence-electron chi connectivity index (χ4n) is 1.79. The zero-order valence-electron chi connectivity index (χ0n) is 10.5. The molecule has 2 aromatic rings. The molecule has 0 aliphatic rings. The number of nitrogen functional groups attached to an aromatic ring is 1. The lowest BCUT2D eigenvalue weighted by atomic mass is 10.2. The molecule has 0 atom stereocenters. The van der Waals surface area contributed by atoms with E-state index in [1.807, 2.05) is 0 Å². The molecule has 2 N–H and O–H groups in total. The summed E-state index contributed by atoms with van der Waals surface area (Å²) in [5.74, 6) is -0.220. The summed E-state index contributed by atoms with van der Waals surface area (Å²) in [5.41, 5.74) is 7.37. The first kappa shape index (κ1) is 15.2. The van der Waals surface area contributed by atoms with E-state index in [1.54, 1.807) is 43.4 Å². The van der Waals surface area contributed by atoms with Crippen LogP contribution in [-0.4, -0.2) is 13.0 Å². The van der Waals surface area contributed by atoms with Gasteiger partial charge >= 0.3 is 0 Å². The van der Waals surface area contributed by atoms with Crippen LogP contribution in [0.4, 0.5) is 11.4 Å². The average molecular weight is 374 g/mol. The van der Waals surface area contributed by atoms with Crippen LogP contribution in [0.2, 0.25) is 10.0 Å². The molecule has 0 heterocycles. The van der Waals surface area contributed by atoms with Gasteiger partial charge in [-0.25, -0.2) is 0 Å². The molecule has 2 aromatic carbocycles. The van der Waals surface area contributed by atoms with Gasteiger partial charge in [-0.1, -0.05) is 39.1 Å². The second kappa shape index (κ2) is 6.04. The molecule has 0 bridgehead atoms. The smallest absolute Gasteiger partial charge is 0.258 e. The third kappa shape index (κ3) is 3.26. The van der Waals surface area contributed by atoms with E-state index in [0.29, 0.717) is 27.0 Å². The summed E-state index contributed by atoms with van der Waals surface area (Å²) in [4.78, 5) is 13.9. The lowest BCUT2D eigenvalue weighted by Gasteiger charge is -2.19. The van der Waals surface area contributed by atoms with Crippen molar-refractivity contribution in [2.45, 2.75) is 0 Å². The van der Waals surface area contributed by atoms with Crippen molar-refractivity contribution in [3.05, 3.63) is 56.5 Å². The van der Waals surface area contributed by atoms with Crippen molar-refractivity contribution in [1.29, 1.82) is 0 Å². The molecule has 104 valence electrons. The lowest BCUT2D eigenvalue weighted by Crippen LogP contribution is -2.27. The van der Waals surface area contributed by atoms with Crippen molar-refractivity contribution < 1.29 is 4.79 Å². The number of hydrogen-bond acceptors (Lipinski definition) is 2. The summed E-state index contributed by atoms with van der Waals surface area (Å²) < 4.78 is 0.737. The fourth-order valence-corrected chi connectivity index (χ4v) is 2.81. The molecule has 0 aromatic heterocycles. The third-order valence-corrected chi connectivity index (χ3v) is 3.68. The van der Waals surface area contributed by atoms with E-state index in [-0.39, 0.29) is 5.91 Å². The Kier molecular flexibility index (Phi) is 4.58. The fraction of sp³-hybridized carbons (Fsp3) is 0.0714. The third-order valence-electron chi connectivity index (χ3n) is 2.77. The highest BCUT2D eigenvalue weighted by atomic mass is 79.9. The van der Waals surface area contributed by atoms with Crippen molar-refractivity contribution >= 4 is 56.4 Å². The summed E-state index contributed by atoms with van der Waals surface area (Å²) >= 11 is 15.2. The maximum atomic E-state index is 12.5. The standard InChI is InChI=1S/C14H11BrCl2N2O/c1-19(13-7-10(16)2-3-12(13)18)14(20)8-4-9(15)6-11(17)5-8/h2-7H,18H2,1H3. The molecular weight excluding hydrogens is 363 g/mol. The van der Waals surface area contributed by atoms with E-state index in [0.717, 1.165) is 4.47 Å². The molecule has 0 saturated heterocycles. The highest BCUT2D eigenvalue weighted by Crippen LogP contribution is 2.28. The van der Waals surface area contributed by atoms with Crippen molar-refractivity contribution in [1.82, 2.24) is 0 Å². The molecule has 3 nitrogen and oxygen atoms in total. The first-order valence-corrected chi connectivity index (χ1v) is 7.22. The predicted octanol–water partition coefficient (Wildman–Crippen LogP) is 4.61. The number of nitrogens with two attached hydrogens (primary N) is 1. The summed E-state index contributed by atoms with van der Waals surface area (Å²) in [5, 5.41) is 0.997. The van der Waals surface area contributed by atoms with E-state index in [2.05, 4.69) is 15.9 Å². The summed E-state index contributed by atoms with van der Waals surface area (Å²) in [6, 6.07) is 10.0. The van der Waals surface area contributed by atoms with Crippen LogP contribution in [0, 0.1) is 0 Å². The van der Waals surface area contributed by atoms with Gasteiger partial charge in [0.05, 0.1) is 11.4 Å². The normalized spacial score (nSPS) is 10.4. The summed E-state index contributed by atoms with van der Waals surface area (Å²) in [7, 11) is 1.64. The van der Waals surface area contributed by atoms with Gasteiger partial charge < -0.3 is 10.6 Å². The Morgan fingerprint density at radius 3 is 2.50 bits per heavy atom. The van der Waals surface area contributed by atoms with E-state index in [4.69, 9.17) is 28.9 Å². The van der Waals surface area contributed by atoms with Crippen LogP contribution < -0.4 is 10.6 Å². The molecule has 0 saturated carbocycles. The number of anilines is 2. The number of amides is 1. The second-order valence-corrected chi connectivity index (χ2v) is 6.01. The minimum absolute atomic E-state index is 0.220. The Morgan fingerprint density at radius 1 is 1.15 bits per heavy atom. The largest absolute Gasteiger partial charge is 0.397 e. The van der Waals surface area contributed by atoms with E-state index < -0.39 is 0 Å². The van der Waals surface area contributed by atoms with Gasteiger partial charge in [0.2, 0.25) is 0 Å². The Labute approximate surface area is 135 Å². The number of benzene rings is 2. The van der Waals surface area contributed by atoms with Gasteiger partial charge in [-0.05, 0) is 36.4 Å². The first-order chi connectivity index (χ1) is 9.38. The van der Waals surface area contributed by atoms with Crippen LogP contribution in [-0.2, 0) is 0 Å². The molecular formula is C14H11BrCl2N2O. The number of carbonyl (C=O) groups is 1. The zero-order valence-corrected chi connectivity index (χ0v) is 13.6. The second-order valence-electron chi connectivity index (χ2n) is 4.23. The van der Waals surface area contributed by atoms with Gasteiger partial charge in [0, 0.05) is 27.1 Å². The molecule has 0 fully saturated rings. The van der Waals surface area contributed by atoms with Crippen molar-refractivity contribution in [2.75, 3.05) is 17.7 Å². The molecule has 0 aliphatic carbocycles. The number of halogens is 3. The Balaban J connectivity index is 2.39. The van der Waals surface area contributed by atoms with E-state index in [1.165, 1.54) is 4.90 Å². The topological polar surface area (TPSA) is 46.3 Å². The molecule has 2 rings (SSSR count). The quantitative estimate of drug-likeness (QED) is 0.781. The van der Waals surface area contributed by atoms with Crippen LogP contribution >= 0.6 is 39.1 Å². The molecule has 6 heteroatoms. The molecule has 1 amide bonds. The number of nitrogens with zero attached hydrogens (tertiary/aromatic N) is 1. The molecule has 0 aliphatic heterocycles. The maximum absolute atomic E-state index is 12.5. The van der Waals surface area contributed by atoms with Gasteiger partial charge in [0.15, 0.2) is 0 Å². The Bertz CT molecular complexity index is 656. The van der Waals surface area contributed by atoms with Crippen LogP contribution in [0.5, 0.6) is 0 Å². The molecule has 20 heavy (non-hydrogen) atoms. The van der Waals surface area contributed by atoms with Crippen molar-refractivity contribution in [3.8, 4) is 0 Å². The zero-order chi connectivity index (χ0) is 14.9. The molecule has 0 radical (unpaired) electrons. The van der Waals surface area contributed by atoms with Crippen LogP contribution in [0.25, 0.3) is 0 Å². The highest BCUT2D eigenvalue weighted by Gasteiger charge is 2.17. The van der Waals surface area contributed by atoms with Crippen molar-refractivity contribution in [2.24, 2.45) is 0 Å². The summed E-state index contributed by atoms with van der Waals surface area (Å²) in [6.45, 7) is 0. The minimum atomic E-state index is -0.220. The van der Waals surface area contributed by atoms with Gasteiger partial charge in [-0.2, -0.15) is 0 Å². The van der Waals surface area contributed by atoms with Crippen LogP contribution in [0.15, 0.2) is 40.9 Å². The van der Waals surface area contributed by atoms with E-state index >= 15 is 0 Å². The van der Waals surface area contributed by atoms with Gasteiger partial charge in [-0.15, -0.1) is 0 Å². The summed E-state index contributed by atoms with van der Waals surface area (Å²) in [6.07, 6.45) is 0. The van der Waals surface area contributed by atoms with Gasteiger partial charge in [0.25, 0.3) is 5.91 Å². The molecule has 0 spiro atoms. The monoisotopic (exact) mass is 372 g/mol. The SMILES string of the molecule is CN(C(=O)c1cc(Cl)cc(Br)c1)c1cc(Cl)ccc1N. The first-order valence-electron chi connectivity index (χ1n) is 5.67. The number of rotatable bonds is 2. The molecule has 0 unspecified atom stereocenters. The lowest BCUT2D eigenvalue weighted by molar-refractivity contribution is 0.0993.